The Morgan fingerprint density at radius 1 is 1.07 bits per heavy atom. The zero-order chi connectivity index (χ0) is 21.1. The first kappa shape index (κ1) is 20.8. The molecule has 158 valence electrons. The molecule has 1 aliphatic carbocycles. The number of pyridine rings is 1. The predicted molar refractivity (Wildman–Crippen MR) is 115 cm³/mol. The van der Waals surface area contributed by atoms with E-state index in [2.05, 4.69) is 15.2 Å². The molecule has 3 aromatic rings. The topological polar surface area (TPSA) is 87.0 Å². The van der Waals surface area contributed by atoms with Gasteiger partial charge < -0.3 is 4.74 Å². The molecule has 0 amide bonds. The summed E-state index contributed by atoms with van der Waals surface area (Å²) in [5, 5.41) is 9.23. The van der Waals surface area contributed by atoms with Gasteiger partial charge in [0.05, 0.1) is 0 Å². The van der Waals surface area contributed by atoms with Gasteiger partial charge in [0.25, 0.3) is 0 Å². The molecule has 0 saturated heterocycles. The van der Waals surface area contributed by atoms with Crippen molar-refractivity contribution in [3.05, 3.63) is 65.3 Å². The van der Waals surface area contributed by atoms with Crippen LogP contribution in [0.3, 0.4) is 0 Å². The predicted octanol–water partition coefficient (Wildman–Crippen LogP) is 3.97. The number of sulfone groups is 1. The molecule has 4 rings (SSSR count). The Morgan fingerprint density at radius 3 is 2.43 bits per heavy atom. The van der Waals surface area contributed by atoms with E-state index in [1.165, 1.54) is 6.26 Å². The monoisotopic (exact) mass is 446 g/mol. The van der Waals surface area contributed by atoms with Gasteiger partial charge in [0, 0.05) is 35.1 Å². The third kappa shape index (κ3) is 4.99. The smallest absolute Gasteiger partial charge is 0.213 e. The molecule has 0 spiro atoms. The van der Waals surface area contributed by atoms with E-state index in [1.807, 2.05) is 34.9 Å². The Bertz CT molecular complexity index is 1090. The molecule has 0 unspecified atom stereocenters. The van der Waals surface area contributed by atoms with Gasteiger partial charge in [-0.05, 0) is 56.0 Å². The lowest BCUT2D eigenvalue weighted by molar-refractivity contribution is 0.139. The van der Waals surface area contributed by atoms with Crippen molar-refractivity contribution in [2.45, 2.75) is 43.5 Å². The molecule has 2 heterocycles. The zero-order valence-corrected chi connectivity index (χ0v) is 18.2. The molecule has 0 bridgehead atoms. The zero-order valence-electron chi connectivity index (χ0n) is 16.6. The van der Waals surface area contributed by atoms with E-state index in [0.29, 0.717) is 16.7 Å². The summed E-state index contributed by atoms with van der Waals surface area (Å²) in [7, 11) is -3.25. The summed E-state index contributed by atoms with van der Waals surface area (Å²) < 4.78 is 31.7. The van der Waals surface area contributed by atoms with Gasteiger partial charge in [0.2, 0.25) is 5.88 Å². The molecule has 1 aliphatic rings. The lowest BCUT2D eigenvalue weighted by Crippen LogP contribution is -2.25. The normalized spacial score (nSPS) is 19.5. The maximum Gasteiger partial charge on any atom is 0.213 e. The van der Waals surface area contributed by atoms with Gasteiger partial charge in [-0.15, -0.1) is 10.2 Å². The number of halogens is 1. The van der Waals surface area contributed by atoms with Gasteiger partial charge >= 0.3 is 0 Å². The summed E-state index contributed by atoms with van der Waals surface area (Å²) in [4.78, 5) is 4.23. The molecule has 7 nitrogen and oxygen atoms in total. The first-order valence-corrected chi connectivity index (χ1v) is 12.3. The van der Waals surface area contributed by atoms with Crippen LogP contribution in [0.1, 0.15) is 43.3 Å². The first-order chi connectivity index (χ1) is 14.4. The van der Waals surface area contributed by atoms with Gasteiger partial charge in [-0.3, -0.25) is 4.57 Å². The first-order valence-electron chi connectivity index (χ1n) is 9.84. The SMILES string of the molecule is CS(=O)(=O)Cc1nnc([C@H]2CC[C@H](Oc3ccccn3)CC2)n1-c1ccc(Cl)cc1. The molecule has 9 heteroatoms. The maximum atomic E-state index is 11.9. The summed E-state index contributed by atoms with van der Waals surface area (Å²) in [5.74, 6) is 1.85. The average Bonchev–Trinajstić information content (AvgIpc) is 3.12. The molecule has 0 atom stereocenters. The average molecular weight is 447 g/mol. The van der Waals surface area contributed by atoms with Crippen LogP contribution in [0, 0.1) is 0 Å². The summed E-state index contributed by atoms with van der Waals surface area (Å²) in [6, 6.07) is 12.9. The summed E-state index contributed by atoms with van der Waals surface area (Å²) in [5.41, 5.74) is 0.810. The molecule has 1 saturated carbocycles. The van der Waals surface area contributed by atoms with E-state index in [9.17, 15) is 8.42 Å². The van der Waals surface area contributed by atoms with Gasteiger partial charge in [-0.2, -0.15) is 0 Å². The second kappa shape index (κ2) is 8.73. The molecule has 0 aliphatic heterocycles. The Hall–Kier alpha value is -2.45. The third-order valence-electron chi connectivity index (χ3n) is 5.20. The molecule has 30 heavy (non-hydrogen) atoms. The van der Waals surface area contributed by atoms with Crippen LogP contribution in [-0.2, 0) is 15.6 Å². The lowest BCUT2D eigenvalue weighted by Gasteiger charge is -2.28. The molecule has 0 radical (unpaired) electrons. The standard InChI is InChI=1S/C21H23ClN4O3S/c1-30(27,28)14-19-24-25-21(26(19)17-9-7-16(22)8-10-17)15-5-11-18(12-6-15)29-20-4-2-3-13-23-20/h2-4,7-10,13,15,18H,5-6,11-12,14H2,1H3/t15-,18-. The highest BCUT2D eigenvalue weighted by Crippen LogP contribution is 2.35. The maximum absolute atomic E-state index is 11.9. The van der Waals surface area contributed by atoms with Crippen LogP contribution in [0.15, 0.2) is 48.7 Å². The van der Waals surface area contributed by atoms with E-state index in [4.69, 9.17) is 16.3 Å². The highest BCUT2D eigenvalue weighted by Gasteiger charge is 2.29. The van der Waals surface area contributed by atoms with Crippen LogP contribution in [0.5, 0.6) is 5.88 Å². The highest BCUT2D eigenvalue weighted by atomic mass is 35.5. The molecule has 2 aromatic heterocycles. The van der Waals surface area contributed by atoms with E-state index in [-0.39, 0.29) is 17.8 Å². The number of hydrogen-bond donors (Lipinski definition) is 0. The van der Waals surface area contributed by atoms with Crippen LogP contribution < -0.4 is 4.74 Å². The Balaban J connectivity index is 1.56. The van der Waals surface area contributed by atoms with Gasteiger partial charge in [0.15, 0.2) is 15.7 Å². The fourth-order valence-corrected chi connectivity index (χ4v) is 4.60. The van der Waals surface area contributed by atoms with Crippen LogP contribution in [0.25, 0.3) is 5.69 Å². The van der Waals surface area contributed by atoms with Crippen molar-refractivity contribution in [2.75, 3.05) is 6.26 Å². The second-order valence-corrected chi connectivity index (χ2v) is 10.2. The number of rotatable bonds is 6. The van der Waals surface area contributed by atoms with Crippen molar-refractivity contribution in [3.63, 3.8) is 0 Å². The second-order valence-electron chi connectivity index (χ2n) is 7.62. The molecule has 1 fully saturated rings. The van der Waals surface area contributed by atoms with Crippen molar-refractivity contribution in [3.8, 4) is 11.6 Å². The van der Waals surface area contributed by atoms with E-state index in [0.717, 1.165) is 37.2 Å². The van der Waals surface area contributed by atoms with Gasteiger partial charge in [0.1, 0.15) is 17.7 Å². The van der Waals surface area contributed by atoms with Crippen molar-refractivity contribution in [2.24, 2.45) is 0 Å². The van der Waals surface area contributed by atoms with Crippen molar-refractivity contribution >= 4 is 21.4 Å². The Morgan fingerprint density at radius 2 is 1.80 bits per heavy atom. The van der Waals surface area contributed by atoms with Crippen LogP contribution in [-0.4, -0.2) is 40.5 Å². The van der Waals surface area contributed by atoms with Crippen molar-refractivity contribution in [1.82, 2.24) is 19.7 Å². The minimum Gasteiger partial charge on any atom is -0.474 e. The Kier molecular flexibility index (Phi) is 6.06. The number of ether oxygens (including phenoxy) is 1. The minimum absolute atomic E-state index is 0.110. The fourth-order valence-electron chi connectivity index (χ4n) is 3.82. The number of nitrogens with zero attached hydrogens (tertiary/aromatic N) is 4. The lowest BCUT2D eigenvalue weighted by atomic mass is 9.86. The number of hydrogen-bond acceptors (Lipinski definition) is 6. The number of aromatic nitrogens is 4. The van der Waals surface area contributed by atoms with Crippen LogP contribution >= 0.6 is 11.6 Å². The third-order valence-corrected chi connectivity index (χ3v) is 6.23. The molecule has 0 N–H and O–H groups in total. The minimum atomic E-state index is -3.25. The van der Waals surface area contributed by atoms with E-state index < -0.39 is 9.84 Å². The van der Waals surface area contributed by atoms with Gasteiger partial charge in [-0.25, -0.2) is 13.4 Å². The van der Waals surface area contributed by atoms with Crippen LogP contribution in [0.4, 0.5) is 0 Å². The quantitative estimate of drug-likeness (QED) is 0.569. The molecule has 1 aromatic carbocycles. The van der Waals surface area contributed by atoms with Crippen molar-refractivity contribution < 1.29 is 13.2 Å². The summed E-state index contributed by atoms with van der Waals surface area (Å²) in [6.07, 6.45) is 6.53. The Labute approximate surface area is 181 Å². The van der Waals surface area contributed by atoms with E-state index >= 15 is 0 Å². The number of benzene rings is 1. The summed E-state index contributed by atoms with van der Waals surface area (Å²) in [6.45, 7) is 0. The highest BCUT2D eigenvalue weighted by molar-refractivity contribution is 7.89. The van der Waals surface area contributed by atoms with Crippen LogP contribution in [0.2, 0.25) is 5.02 Å². The molecular weight excluding hydrogens is 424 g/mol. The van der Waals surface area contributed by atoms with E-state index in [1.54, 1.807) is 18.3 Å². The fraction of sp³-hybridized carbons (Fsp3) is 0.381. The summed E-state index contributed by atoms with van der Waals surface area (Å²) >= 11 is 6.03. The van der Waals surface area contributed by atoms with Crippen molar-refractivity contribution in [1.29, 1.82) is 0 Å². The largest absolute Gasteiger partial charge is 0.474 e. The molecular formula is C21H23ClN4O3S. The van der Waals surface area contributed by atoms with Gasteiger partial charge in [-0.1, -0.05) is 17.7 Å².